The first kappa shape index (κ1) is 15.6. The Balaban J connectivity index is 1.90. The van der Waals surface area contributed by atoms with Gasteiger partial charge in [0.15, 0.2) is 12.7 Å². The lowest BCUT2D eigenvalue weighted by Crippen LogP contribution is -2.52. The summed E-state index contributed by atoms with van der Waals surface area (Å²) in [5.74, 6) is -0.812. The Morgan fingerprint density at radius 2 is 2.05 bits per heavy atom. The number of benzene rings is 1. The van der Waals surface area contributed by atoms with E-state index in [2.05, 4.69) is 0 Å². The molecule has 1 amide bonds. The molecule has 2 rings (SSSR count). The number of morpholine rings is 1. The number of carboxylic acids is 1. The van der Waals surface area contributed by atoms with Crippen molar-refractivity contribution in [1.82, 2.24) is 4.90 Å². The number of rotatable bonds is 4. The molecule has 1 aliphatic rings. The largest absolute Gasteiger partial charge is 0.484 e. The van der Waals surface area contributed by atoms with E-state index in [9.17, 15) is 9.59 Å². The zero-order valence-electron chi connectivity index (χ0n) is 11.5. The Bertz CT molecular complexity index is 519. The summed E-state index contributed by atoms with van der Waals surface area (Å²) in [5.41, 5.74) is 0. The fraction of sp³-hybridized carbons (Fsp3) is 0.429. The molecule has 1 aromatic rings. The average Bonchev–Trinajstić information content (AvgIpc) is 2.45. The monoisotopic (exact) mass is 313 g/mol. The topological polar surface area (TPSA) is 76.1 Å². The summed E-state index contributed by atoms with van der Waals surface area (Å²) in [6, 6.07) is 6.66. The number of hydrogen-bond donors (Lipinski definition) is 1. The van der Waals surface area contributed by atoms with Crippen molar-refractivity contribution in [3.05, 3.63) is 29.3 Å². The predicted octanol–water partition coefficient (Wildman–Crippen LogP) is 1.42. The van der Waals surface area contributed by atoms with Crippen LogP contribution in [0.3, 0.4) is 0 Å². The van der Waals surface area contributed by atoms with Crippen molar-refractivity contribution in [2.75, 3.05) is 19.7 Å². The van der Waals surface area contributed by atoms with Crippen LogP contribution in [-0.2, 0) is 14.3 Å². The van der Waals surface area contributed by atoms with Crippen LogP contribution in [0.5, 0.6) is 5.75 Å². The molecule has 1 fully saturated rings. The molecule has 21 heavy (non-hydrogen) atoms. The minimum Gasteiger partial charge on any atom is -0.484 e. The van der Waals surface area contributed by atoms with E-state index in [0.29, 0.717) is 17.3 Å². The maximum absolute atomic E-state index is 12.1. The van der Waals surface area contributed by atoms with Crippen LogP contribution in [0, 0.1) is 0 Å². The molecule has 0 radical (unpaired) electrons. The molecule has 0 aromatic heterocycles. The van der Waals surface area contributed by atoms with E-state index in [-0.39, 0.29) is 25.2 Å². The molecule has 1 N–H and O–H groups in total. The zero-order chi connectivity index (χ0) is 15.4. The molecule has 1 heterocycles. The van der Waals surface area contributed by atoms with Gasteiger partial charge >= 0.3 is 5.97 Å². The minimum absolute atomic E-state index is 0.0302. The van der Waals surface area contributed by atoms with Crippen LogP contribution in [0.15, 0.2) is 24.3 Å². The van der Waals surface area contributed by atoms with Crippen molar-refractivity contribution in [3.8, 4) is 5.75 Å². The molecule has 114 valence electrons. The highest BCUT2D eigenvalue weighted by Gasteiger charge is 2.32. The van der Waals surface area contributed by atoms with Crippen LogP contribution in [0.4, 0.5) is 0 Å². The smallest absolute Gasteiger partial charge is 0.334 e. The van der Waals surface area contributed by atoms with Crippen molar-refractivity contribution in [2.45, 2.75) is 19.1 Å². The summed E-state index contributed by atoms with van der Waals surface area (Å²) in [7, 11) is 0. The Labute approximate surface area is 127 Å². The molecule has 7 heteroatoms. The number of ether oxygens (including phenoxy) is 2. The van der Waals surface area contributed by atoms with Gasteiger partial charge < -0.3 is 19.5 Å². The Hall–Kier alpha value is -1.79. The number of nitrogens with zero attached hydrogens (tertiary/aromatic N) is 1. The van der Waals surface area contributed by atoms with Gasteiger partial charge in [0, 0.05) is 11.6 Å². The summed E-state index contributed by atoms with van der Waals surface area (Å²) in [6.45, 7) is 1.96. The van der Waals surface area contributed by atoms with Gasteiger partial charge in [-0.2, -0.15) is 0 Å². The lowest BCUT2D eigenvalue weighted by Gasteiger charge is -2.34. The van der Waals surface area contributed by atoms with E-state index in [1.165, 1.54) is 4.90 Å². The summed E-state index contributed by atoms with van der Waals surface area (Å²) >= 11 is 5.76. The minimum atomic E-state index is -1.07. The van der Waals surface area contributed by atoms with Crippen LogP contribution in [0.1, 0.15) is 6.92 Å². The van der Waals surface area contributed by atoms with E-state index < -0.39 is 12.1 Å². The number of amides is 1. The third-order valence-electron chi connectivity index (χ3n) is 3.06. The second-order valence-corrected chi connectivity index (χ2v) is 5.25. The molecule has 0 spiro atoms. The maximum Gasteiger partial charge on any atom is 0.334 e. The molecule has 0 aliphatic carbocycles. The normalized spacial score (nSPS) is 21.9. The van der Waals surface area contributed by atoms with Crippen LogP contribution < -0.4 is 4.74 Å². The Kier molecular flexibility index (Phi) is 5.03. The highest BCUT2D eigenvalue weighted by molar-refractivity contribution is 6.30. The fourth-order valence-electron chi connectivity index (χ4n) is 2.06. The van der Waals surface area contributed by atoms with E-state index in [1.807, 2.05) is 0 Å². The first-order valence-electron chi connectivity index (χ1n) is 6.50. The van der Waals surface area contributed by atoms with Gasteiger partial charge in [-0.15, -0.1) is 0 Å². The van der Waals surface area contributed by atoms with Gasteiger partial charge in [0.05, 0.1) is 12.6 Å². The summed E-state index contributed by atoms with van der Waals surface area (Å²) in [5, 5.41) is 9.57. The van der Waals surface area contributed by atoms with Crippen LogP contribution in [0.2, 0.25) is 5.02 Å². The molecule has 1 saturated heterocycles. The fourth-order valence-corrected chi connectivity index (χ4v) is 2.18. The van der Waals surface area contributed by atoms with Gasteiger partial charge in [0.2, 0.25) is 0 Å². The van der Waals surface area contributed by atoms with Crippen LogP contribution >= 0.6 is 11.6 Å². The second-order valence-electron chi connectivity index (χ2n) is 4.81. The summed E-state index contributed by atoms with van der Waals surface area (Å²) in [4.78, 5) is 24.5. The second kappa shape index (κ2) is 6.78. The average molecular weight is 314 g/mol. The number of aliphatic carboxylic acids is 1. The van der Waals surface area contributed by atoms with Crippen LogP contribution in [-0.4, -0.2) is 53.8 Å². The van der Waals surface area contributed by atoms with E-state index in [1.54, 1.807) is 31.2 Å². The van der Waals surface area contributed by atoms with Crippen molar-refractivity contribution in [2.24, 2.45) is 0 Å². The standard InChI is InChI=1S/C14H16ClNO5/c1-9-6-16(7-12(21-9)14(18)19)13(17)8-20-11-4-2-10(15)3-5-11/h2-5,9,12H,6-8H2,1H3,(H,18,19)/t9-,12?/m1/s1. The molecule has 1 aromatic carbocycles. The van der Waals surface area contributed by atoms with Gasteiger partial charge in [0.25, 0.3) is 5.91 Å². The zero-order valence-corrected chi connectivity index (χ0v) is 12.2. The van der Waals surface area contributed by atoms with E-state index in [4.69, 9.17) is 26.2 Å². The van der Waals surface area contributed by atoms with Gasteiger partial charge in [0.1, 0.15) is 5.75 Å². The van der Waals surface area contributed by atoms with Crippen molar-refractivity contribution < 1.29 is 24.2 Å². The van der Waals surface area contributed by atoms with Crippen molar-refractivity contribution in [1.29, 1.82) is 0 Å². The van der Waals surface area contributed by atoms with Gasteiger partial charge in [-0.3, -0.25) is 4.79 Å². The summed E-state index contributed by atoms with van der Waals surface area (Å²) in [6.07, 6.45) is -1.31. The summed E-state index contributed by atoms with van der Waals surface area (Å²) < 4.78 is 10.6. The lowest BCUT2D eigenvalue weighted by atomic mass is 10.2. The molecule has 2 atom stereocenters. The number of carbonyl (C=O) groups excluding carboxylic acids is 1. The number of hydrogen-bond acceptors (Lipinski definition) is 4. The first-order valence-corrected chi connectivity index (χ1v) is 6.88. The first-order chi connectivity index (χ1) is 9.95. The number of carboxylic acid groups (broad SMARTS) is 1. The molecular weight excluding hydrogens is 298 g/mol. The SMILES string of the molecule is C[C@@H]1CN(C(=O)COc2ccc(Cl)cc2)CC(C(=O)O)O1. The lowest BCUT2D eigenvalue weighted by molar-refractivity contribution is -0.167. The van der Waals surface area contributed by atoms with Gasteiger partial charge in [-0.1, -0.05) is 11.6 Å². The third kappa shape index (κ3) is 4.34. The van der Waals surface area contributed by atoms with Crippen LogP contribution in [0.25, 0.3) is 0 Å². The molecule has 0 saturated carbocycles. The van der Waals surface area contributed by atoms with E-state index in [0.717, 1.165) is 0 Å². The highest BCUT2D eigenvalue weighted by atomic mass is 35.5. The molecule has 6 nitrogen and oxygen atoms in total. The highest BCUT2D eigenvalue weighted by Crippen LogP contribution is 2.16. The number of halogens is 1. The van der Waals surface area contributed by atoms with Crippen molar-refractivity contribution >= 4 is 23.5 Å². The van der Waals surface area contributed by atoms with E-state index >= 15 is 0 Å². The Morgan fingerprint density at radius 1 is 1.38 bits per heavy atom. The number of carbonyl (C=O) groups is 2. The predicted molar refractivity (Wildman–Crippen MR) is 75.5 cm³/mol. The van der Waals surface area contributed by atoms with Gasteiger partial charge in [-0.05, 0) is 31.2 Å². The molecule has 1 aliphatic heterocycles. The quantitative estimate of drug-likeness (QED) is 0.910. The Morgan fingerprint density at radius 3 is 2.67 bits per heavy atom. The van der Waals surface area contributed by atoms with Gasteiger partial charge in [-0.25, -0.2) is 4.79 Å². The molecule has 0 bridgehead atoms. The van der Waals surface area contributed by atoms with Crippen molar-refractivity contribution in [3.63, 3.8) is 0 Å². The third-order valence-corrected chi connectivity index (χ3v) is 3.32. The maximum atomic E-state index is 12.1. The molecule has 1 unspecified atom stereocenters. The molecular formula is C14H16ClNO5.